The Hall–Kier alpha value is -2.28. The van der Waals surface area contributed by atoms with Gasteiger partial charge in [-0.3, -0.25) is 4.72 Å². The second kappa shape index (κ2) is 7.09. The normalized spacial score (nSPS) is 11.5. The molecule has 0 aliphatic heterocycles. The third-order valence-electron chi connectivity index (χ3n) is 3.47. The molecule has 0 atom stereocenters. The minimum absolute atomic E-state index is 0.00507. The van der Waals surface area contributed by atoms with Crippen LogP contribution in [0.3, 0.4) is 0 Å². The highest BCUT2D eigenvalue weighted by Crippen LogP contribution is 2.30. The van der Waals surface area contributed by atoms with Crippen LogP contribution in [0.1, 0.15) is 37.9 Å². The number of anilines is 1. The molecule has 2 aromatic rings. The highest BCUT2D eigenvalue weighted by atomic mass is 32.2. The first kappa shape index (κ1) is 18.1. The van der Waals surface area contributed by atoms with Crippen molar-refractivity contribution in [1.29, 1.82) is 0 Å². The molecule has 0 amide bonds. The molecular formula is C17H20FN3O2S. The third-order valence-corrected chi connectivity index (χ3v) is 4.72. The third kappa shape index (κ3) is 3.97. The minimum Gasteiger partial charge on any atom is -0.251 e. The molecule has 0 radical (unpaired) electrons. The Kier molecular flexibility index (Phi) is 5.33. The van der Waals surface area contributed by atoms with Crippen molar-refractivity contribution in [3.8, 4) is 11.3 Å². The summed E-state index contributed by atoms with van der Waals surface area (Å²) in [7, 11) is -3.50. The van der Waals surface area contributed by atoms with Gasteiger partial charge in [0.2, 0.25) is 16.0 Å². The Labute approximate surface area is 141 Å². The lowest BCUT2D eigenvalue weighted by molar-refractivity contribution is 0.602. The Morgan fingerprint density at radius 1 is 1.25 bits per heavy atom. The molecule has 0 bridgehead atoms. The van der Waals surface area contributed by atoms with E-state index in [1.807, 2.05) is 13.8 Å². The molecule has 1 heterocycles. The van der Waals surface area contributed by atoms with Gasteiger partial charge in [-0.05, 0) is 37.1 Å². The van der Waals surface area contributed by atoms with Crippen LogP contribution < -0.4 is 4.72 Å². The van der Waals surface area contributed by atoms with Crippen LogP contribution in [0, 0.1) is 5.82 Å². The van der Waals surface area contributed by atoms with E-state index in [9.17, 15) is 12.8 Å². The van der Waals surface area contributed by atoms with E-state index in [0.29, 0.717) is 22.5 Å². The molecule has 0 unspecified atom stereocenters. The van der Waals surface area contributed by atoms with Crippen molar-refractivity contribution in [1.82, 2.24) is 9.97 Å². The zero-order valence-electron chi connectivity index (χ0n) is 13.9. The lowest BCUT2D eigenvalue weighted by Gasteiger charge is -2.16. The number of hydrogen-bond acceptors (Lipinski definition) is 4. The maximum Gasteiger partial charge on any atom is 0.237 e. The average molecular weight is 349 g/mol. The number of rotatable bonds is 6. The Morgan fingerprint density at radius 3 is 2.38 bits per heavy atom. The highest BCUT2D eigenvalue weighted by molar-refractivity contribution is 7.92. The molecule has 5 nitrogen and oxygen atoms in total. The summed E-state index contributed by atoms with van der Waals surface area (Å²) in [6.07, 6.45) is 1.63. The Bertz CT molecular complexity index is 847. The first-order chi connectivity index (χ1) is 11.3. The van der Waals surface area contributed by atoms with Gasteiger partial charge in [-0.15, -0.1) is 0 Å². The van der Waals surface area contributed by atoms with Gasteiger partial charge in [0.05, 0.1) is 17.1 Å². The second-order valence-electron chi connectivity index (χ2n) is 5.57. The molecule has 7 heteroatoms. The Morgan fingerprint density at radius 2 is 1.88 bits per heavy atom. The highest BCUT2D eigenvalue weighted by Gasteiger charge is 2.18. The number of benzene rings is 1. The van der Waals surface area contributed by atoms with Gasteiger partial charge in [-0.2, -0.15) is 0 Å². The summed E-state index contributed by atoms with van der Waals surface area (Å²) in [6, 6.07) is 5.84. The van der Waals surface area contributed by atoms with Crippen LogP contribution >= 0.6 is 0 Å². The SMILES string of the molecule is C=Cc1c(-c2ccc(F)cc2)nc(NS(=O)(=O)CC)nc1C(C)C. The molecule has 0 saturated heterocycles. The minimum atomic E-state index is -3.50. The van der Waals surface area contributed by atoms with Crippen molar-refractivity contribution in [2.75, 3.05) is 10.5 Å². The first-order valence-electron chi connectivity index (χ1n) is 7.58. The van der Waals surface area contributed by atoms with E-state index in [2.05, 4.69) is 21.3 Å². The van der Waals surface area contributed by atoms with E-state index in [0.717, 1.165) is 0 Å². The fraction of sp³-hybridized carbons (Fsp3) is 0.294. The Balaban J connectivity index is 2.68. The molecular weight excluding hydrogens is 329 g/mol. The van der Waals surface area contributed by atoms with Crippen molar-refractivity contribution >= 4 is 22.0 Å². The molecule has 0 aliphatic rings. The van der Waals surface area contributed by atoms with Gasteiger partial charge in [-0.25, -0.2) is 22.8 Å². The zero-order valence-corrected chi connectivity index (χ0v) is 14.7. The van der Waals surface area contributed by atoms with Crippen molar-refractivity contribution in [2.24, 2.45) is 0 Å². The van der Waals surface area contributed by atoms with Gasteiger partial charge in [0.1, 0.15) is 5.82 Å². The number of sulfonamides is 1. The van der Waals surface area contributed by atoms with E-state index in [1.54, 1.807) is 18.2 Å². The lowest BCUT2D eigenvalue weighted by atomic mass is 9.98. The number of aromatic nitrogens is 2. The van der Waals surface area contributed by atoms with E-state index in [4.69, 9.17) is 0 Å². The van der Waals surface area contributed by atoms with Crippen LogP contribution in [0.2, 0.25) is 0 Å². The second-order valence-corrected chi connectivity index (χ2v) is 7.58. The average Bonchev–Trinajstić information content (AvgIpc) is 2.54. The molecule has 0 saturated carbocycles. The standard InChI is InChI=1S/C17H20FN3O2S/c1-5-14-15(11(3)4)19-17(21-24(22,23)6-2)20-16(14)12-7-9-13(18)10-8-12/h5,7-11H,1,6H2,2-4H3,(H,19,20,21). The fourth-order valence-electron chi connectivity index (χ4n) is 2.21. The van der Waals surface area contributed by atoms with Crippen LogP contribution in [0.5, 0.6) is 0 Å². The molecule has 1 N–H and O–H groups in total. The summed E-state index contributed by atoms with van der Waals surface area (Å²) in [4.78, 5) is 8.66. The molecule has 2 rings (SSSR count). The van der Waals surface area contributed by atoms with Crippen molar-refractivity contribution < 1.29 is 12.8 Å². The van der Waals surface area contributed by atoms with Crippen LogP contribution in [0.25, 0.3) is 17.3 Å². The summed E-state index contributed by atoms with van der Waals surface area (Å²) in [6.45, 7) is 9.23. The molecule has 1 aromatic carbocycles. The maximum atomic E-state index is 13.2. The van der Waals surface area contributed by atoms with Crippen molar-refractivity contribution in [3.63, 3.8) is 0 Å². The summed E-state index contributed by atoms with van der Waals surface area (Å²) in [5.74, 6) is -0.401. The van der Waals surface area contributed by atoms with E-state index < -0.39 is 10.0 Å². The van der Waals surface area contributed by atoms with E-state index >= 15 is 0 Å². The summed E-state index contributed by atoms with van der Waals surface area (Å²) in [5.41, 5.74) is 2.55. The van der Waals surface area contributed by atoms with Gasteiger partial charge in [0.25, 0.3) is 0 Å². The molecule has 0 spiro atoms. The molecule has 0 fully saturated rings. The van der Waals surface area contributed by atoms with Gasteiger partial charge in [0.15, 0.2) is 0 Å². The number of halogens is 1. The molecule has 128 valence electrons. The monoisotopic (exact) mass is 349 g/mol. The fourth-order valence-corrected chi connectivity index (χ4v) is 2.73. The van der Waals surface area contributed by atoms with Crippen LogP contribution in [0.4, 0.5) is 10.3 Å². The zero-order chi connectivity index (χ0) is 17.9. The number of nitrogens with one attached hydrogen (secondary N) is 1. The van der Waals surface area contributed by atoms with Crippen LogP contribution in [-0.4, -0.2) is 24.1 Å². The summed E-state index contributed by atoms with van der Waals surface area (Å²) < 4.78 is 39.2. The predicted octanol–water partition coefficient (Wildman–Crippen LogP) is 3.81. The smallest absolute Gasteiger partial charge is 0.237 e. The van der Waals surface area contributed by atoms with Crippen molar-refractivity contribution in [2.45, 2.75) is 26.7 Å². The van der Waals surface area contributed by atoms with Crippen molar-refractivity contribution in [3.05, 3.63) is 47.9 Å². The first-order valence-corrected chi connectivity index (χ1v) is 9.23. The lowest BCUT2D eigenvalue weighted by Crippen LogP contribution is -2.18. The summed E-state index contributed by atoms with van der Waals surface area (Å²) in [5, 5.41) is 0. The molecule has 24 heavy (non-hydrogen) atoms. The largest absolute Gasteiger partial charge is 0.251 e. The maximum absolute atomic E-state index is 13.2. The van der Waals surface area contributed by atoms with Gasteiger partial charge < -0.3 is 0 Å². The van der Waals surface area contributed by atoms with Gasteiger partial charge in [0, 0.05) is 11.1 Å². The molecule has 0 aliphatic carbocycles. The topological polar surface area (TPSA) is 72.0 Å². The number of nitrogens with zero attached hydrogens (tertiary/aromatic N) is 2. The van der Waals surface area contributed by atoms with Gasteiger partial charge in [-0.1, -0.05) is 26.5 Å². The summed E-state index contributed by atoms with van der Waals surface area (Å²) >= 11 is 0. The predicted molar refractivity (Wildman–Crippen MR) is 94.7 cm³/mol. The van der Waals surface area contributed by atoms with E-state index in [1.165, 1.54) is 19.1 Å². The quantitative estimate of drug-likeness (QED) is 0.861. The van der Waals surface area contributed by atoms with Crippen LogP contribution in [-0.2, 0) is 10.0 Å². The van der Waals surface area contributed by atoms with E-state index in [-0.39, 0.29) is 23.4 Å². The van der Waals surface area contributed by atoms with Gasteiger partial charge >= 0.3 is 0 Å². The van der Waals surface area contributed by atoms with Crippen LogP contribution in [0.15, 0.2) is 30.8 Å². The number of hydrogen-bond donors (Lipinski definition) is 1. The molecule has 1 aromatic heterocycles.